The van der Waals surface area contributed by atoms with Gasteiger partial charge in [0.05, 0.1) is 6.54 Å². The smallest absolute Gasteiger partial charge is 0.271 e. The molecule has 2 heterocycles. The first-order chi connectivity index (χ1) is 10.4. The van der Waals surface area contributed by atoms with Crippen molar-refractivity contribution in [3.63, 3.8) is 0 Å². The highest BCUT2D eigenvalue weighted by molar-refractivity contribution is 7.17. The molecule has 2 rings (SSSR count). The number of aromatic nitrogens is 2. The fourth-order valence-electron chi connectivity index (χ4n) is 2.08. The highest BCUT2D eigenvalue weighted by Gasteiger charge is 2.21. The second kappa shape index (κ2) is 6.55. The molecule has 0 saturated heterocycles. The van der Waals surface area contributed by atoms with Crippen molar-refractivity contribution in [2.45, 2.75) is 20.1 Å². The topological polar surface area (TPSA) is 73.1 Å². The maximum absolute atomic E-state index is 12.6. The molecule has 0 N–H and O–H groups in total. The number of hydrogen-bond donors (Lipinski definition) is 0. The number of hydrogen-bond acceptors (Lipinski definition) is 6. The third-order valence-corrected chi connectivity index (χ3v) is 4.62. The average Bonchev–Trinajstić information content (AvgIpc) is 2.80. The van der Waals surface area contributed by atoms with E-state index in [1.165, 1.54) is 41.1 Å². The Labute approximate surface area is 132 Å². The molecule has 0 radical (unpaired) electrons. The number of carbonyl (C=O) groups excluding carboxylic acids is 1. The summed E-state index contributed by atoms with van der Waals surface area (Å²) in [6.45, 7) is 3.98. The molecule has 0 spiro atoms. The van der Waals surface area contributed by atoms with Gasteiger partial charge in [-0.15, -0.1) is 11.3 Å². The zero-order valence-electron chi connectivity index (χ0n) is 13.2. The maximum Gasteiger partial charge on any atom is 0.271 e. The van der Waals surface area contributed by atoms with Crippen LogP contribution in [0.15, 0.2) is 11.0 Å². The van der Waals surface area contributed by atoms with Gasteiger partial charge < -0.3 is 14.4 Å². The Morgan fingerprint density at radius 2 is 2.05 bits per heavy atom. The largest absolute Gasteiger partial charge is 0.354 e. The third kappa shape index (κ3) is 2.90. The predicted molar refractivity (Wildman–Crippen MR) is 83.6 cm³/mol. The monoisotopic (exact) mass is 325 g/mol. The SMILES string of the molecule is COC(CN(C)C(=O)c1cnc2sc(C)c(C)n2c1=O)OC. The van der Waals surface area contributed by atoms with E-state index in [1.54, 1.807) is 7.05 Å². The molecule has 2 aromatic heterocycles. The van der Waals surface area contributed by atoms with Crippen LogP contribution < -0.4 is 5.56 Å². The quantitative estimate of drug-likeness (QED) is 0.769. The molecular weight excluding hydrogens is 306 g/mol. The Hall–Kier alpha value is -1.77. The van der Waals surface area contributed by atoms with Crippen LogP contribution in [0.3, 0.4) is 0 Å². The van der Waals surface area contributed by atoms with Crippen molar-refractivity contribution in [3.05, 3.63) is 32.7 Å². The third-order valence-electron chi connectivity index (χ3n) is 3.54. The fourth-order valence-corrected chi connectivity index (χ4v) is 3.01. The lowest BCUT2D eigenvalue weighted by molar-refractivity contribution is -0.110. The van der Waals surface area contributed by atoms with Gasteiger partial charge in [-0.3, -0.25) is 14.0 Å². The molecule has 22 heavy (non-hydrogen) atoms. The van der Waals surface area contributed by atoms with Crippen molar-refractivity contribution < 1.29 is 14.3 Å². The minimum Gasteiger partial charge on any atom is -0.354 e. The minimum absolute atomic E-state index is 0.0341. The average molecular weight is 325 g/mol. The first-order valence-corrected chi connectivity index (χ1v) is 7.51. The Kier molecular flexibility index (Phi) is 4.94. The lowest BCUT2D eigenvalue weighted by Gasteiger charge is -2.21. The van der Waals surface area contributed by atoms with E-state index in [-0.39, 0.29) is 17.7 Å². The summed E-state index contributed by atoms with van der Waals surface area (Å²) in [5, 5.41) is 0. The molecular formula is C14H19N3O4S. The highest BCUT2D eigenvalue weighted by atomic mass is 32.1. The first kappa shape index (κ1) is 16.6. The lowest BCUT2D eigenvalue weighted by Crippen LogP contribution is -2.39. The van der Waals surface area contributed by atoms with Gasteiger partial charge in [0.15, 0.2) is 11.3 Å². The molecule has 0 aromatic carbocycles. The molecule has 0 aliphatic heterocycles. The van der Waals surface area contributed by atoms with Crippen LogP contribution in [0.5, 0.6) is 0 Å². The van der Waals surface area contributed by atoms with Gasteiger partial charge >= 0.3 is 0 Å². The summed E-state index contributed by atoms with van der Waals surface area (Å²) in [6.07, 6.45) is 0.791. The fraction of sp³-hybridized carbons (Fsp3) is 0.500. The van der Waals surface area contributed by atoms with Crippen LogP contribution in [0.25, 0.3) is 4.96 Å². The van der Waals surface area contributed by atoms with Gasteiger partial charge in [0, 0.05) is 38.0 Å². The van der Waals surface area contributed by atoms with Gasteiger partial charge in [-0.05, 0) is 13.8 Å². The maximum atomic E-state index is 12.6. The lowest BCUT2D eigenvalue weighted by atomic mass is 10.3. The number of likely N-dealkylation sites (N-methyl/N-ethyl adjacent to an activating group) is 1. The molecule has 0 saturated carbocycles. The van der Waals surface area contributed by atoms with Gasteiger partial charge in [-0.25, -0.2) is 4.98 Å². The van der Waals surface area contributed by atoms with Crippen LogP contribution in [0, 0.1) is 13.8 Å². The second-order valence-corrected chi connectivity index (χ2v) is 6.11. The van der Waals surface area contributed by atoms with E-state index in [4.69, 9.17) is 9.47 Å². The standard InChI is InChI=1S/C14H19N3O4S/c1-8-9(2)22-14-15-6-10(13(19)17(8)14)12(18)16(3)7-11(20-4)21-5/h6,11H,7H2,1-5H3. The normalized spacial score (nSPS) is 11.4. The van der Waals surface area contributed by atoms with Crippen molar-refractivity contribution in [1.29, 1.82) is 0 Å². The van der Waals surface area contributed by atoms with E-state index in [0.29, 0.717) is 4.96 Å². The summed E-state index contributed by atoms with van der Waals surface area (Å²) in [5.41, 5.74) is 0.489. The Morgan fingerprint density at radius 1 is 1.41 bits per heavy atom. The number of amides is 1. The van der Waals surface area contributed by atoms with Crippen LogP contribution in [-0.4, -0.2) is 54.3 Å². The van der Waals surface area contributed by atoms with Crippen molar-refractivity contribution in [2.24, 2.45) is 0 Å². The van der Waals surface area contributed by atoms with Crippen LogP contribution in [-0.2, 0) is 9.47 Å². The zero-order valence-corrected chi connectivity index (χ0v) is 14.1. The number of methoxy groups -OCH3 is 2. The molecule has 8 heteroatoms. The summed E-state index contributed by atoms with van der Waals surface area (Å²) in [6, 6.07) is 0. The number of aryl methyl sites for hydroxylation is 2. The summed E-state index contributed by atoms with van der Waals surface area (Å²) in [5.74, 6) is -0.408. The van der Waals surface area contributed by atoms with Crippen molar-refractivity contribution in [1.82, 2.24) is 14.3 Å². The number of ether oxygens (including phenoxy) is 2. The van der Waals surface area contributed by atoms with Crippen molar-refractivity contribution >= 4 is 22.2 Å². The van der Waals surface area contributed by atoms with E-state index >= 15 is 0 Å². The predicted octanol–water partition coefficient (Wildman–Crippen LogP) is 1.06. The molecule has 1 amide bonds. The van der Waals surface area contributed by atoms with Gasteiger partial charge in [0.25, 0.3) is 11.5 Å². The van der Waals surface area contributed by atoms with Crippen LogP contribution in [0.2, 0.25) is 0 Å². The van der Waals surface area contributed by atoms with Gasteiger partial charge in [-0.1, -0.05) is 0 Å². The van der Waals surface area contributed by atoms with Crippen molar-refractivity contribution in [2.75, 3.05) is 27.8 Å². The molecule has 2 aromatic rings. The summed E-state index contributed by atoms with van der Waals surface area (Å²) in [4.78, 5) is 32.2. The van der Waals surface area contributed by atoms with Crippen LogP contribution >= 0.6 is 11.3 Å². The van der Waals surface area contributed by atoms with E-state index in [1.807, 2.05) is 13.8 Å². The van der Waals surface area contributed by atoms with E-state index < -0.39 is 12.2 Å². The minimum atomic E-state index is -0.543. The number of fused-ring (bicyclic) bond motifs is 1. The second-order valence-electron chi connectivity index (χ2n) is 4.93. The molecule has 120 valence electrons. The summed E-state index contributed by atoms with van der Waals surface area (Å²) >= 11 is 1.43. The summed E-state index contributed by atoms with van der Waals surface area (Å²) < 4.78 is 11.6. The Balaban J connectivity index is 2.38. The number of thiazole rings is 1. The van der Waals surface area contributed by atoms with E-state index in [9.17, 15) is 9.59 Å². The highest BCUT2D eigenvalue weighted by Crippen LogP contribution is 2.18. The van der Waals surface area contributed by atoms with Gasteiger partial charge in [0.2, 0.25) is 0 Å². The van der Waals surface area contributed by atoms with Gasteiger partial charge in [0.1, 0.15) is 5.56 Å². The van der Waals surface area contributed by atoms with Crippen molar-refractivity contribution in [3.8, 4) is 0 Å². The molecule has 7 nitrogen and oxygen atoms in total. The van der Waals surface area contributed by atoms with Crippen LogP contribution in [0.1, 0.15) is 20.9 Å². The molecule has 0 aliphatic rings. The number of carbonyl (C=O) groups is 1. The molecule has 0 atom stereocenters. The van der Waals surface area contributed by atoms with E-state index in [2.05, 4.69) is 4.98 Å². The van der Waals surface area contributed by atoms with Gasteiger partial charge in [-0.2, -0.15) is 0 Å². The first-order valence-electron chi connectivity index (χ1n) is 6.69. The number of rotatable bonds is 5. The number of nitrogens with zero attached hydrogens (tertiary/aromatic N) is 3. The van der Waals surface area contributed by atoms with E-state index in [0.717, 1.165) is 10.6 Å². The molecule has 0 fully saturated rings. The van der Waals surface area contributed by atoms with Crippen LogP contribution in [0.4, 0.5) is 0 Å². The molecule has 0 unspecified atom stereocenters. The summed E-state index contributed by atoms with van der Waals surface area (Å²) in [7, 11) is 4.58. The molecule has 0 bridgehead atoms. The zero-order chi connectivity index (χ0) is 16.4. The molecule has 0 aliphatic carbocycles. The Morgan fingerprint density at radius 3 is 2.64 bits per heavy atom. The Bertz CT molecular complexity index is 748.